The summed E-state index contributed by atoms with van der Waals surface area (Å²) in [5.74, 6) is 3.50. The third-order valence-electron chi connectivity index (χ3n) is 0. The molecule has 0 aliphatic carbocycles. The van der Waals surface area contributed by atoms with E-state index in [1.54, 1.807) is 0 Å². The van der Waals surface area contributed by atoms with Crippen molar-refractivity contribution in [2.45, 2.75) is 0 Å². The first-order chi connectivity index (χ1) is 2.73. The summed E-state index contributed by atoms with van der Waals surface area (Å²) in [6, 6.07) is 0. The fourth-order valence-electron chi connectivity index (χ4n) is 0. The minimum absolute atomic E-state index is 3.12. The maximum Gasteiger partial charge on any atom is 0.254 e. The summed E-state index contributed by atoms with van der Waals surface area (Å²) in [5.41, 5.74) is 0. The lowest BCUT2D eigenvalue weighted by molar-refractivity contribution is 0.311. The summed E-state index contributed by atoms with van der Waals surface area (Å²) in [6.45, 7) is 0. The van der Waals surface area contributed by atoms with Crippen molar-refractivity contribution >= 4 is 11.0 Å². The molecule has 6 heavy (non-hydrogen) atoms. The van der Waals surface area contributed by atoms with E-state index in [9.17, 15) is 0 Å². The first-order valence-corrected chi connectivity index (χ1v) is 1.95. The Balaban J connectivity index is 0. The quantitative estimate of drug-likeness (QED) is 0.173. The van der Waals surface area contributed by atoms with Crippen LogP contribution < -0.4 is 5.90 Å². The minimum Gasteiger partial charge on any atom is -0.320 e. The topological polar surface area (TPSA) is 101 Å². The zero-order chi connectivity index (χ0) is 5.58. The largest absolute Gasteiger partial charge is 0.320 e. The molecule has 0 saturated heterocycles. The first-order valence-electron chi connectivity index (χ1n) is 0.823. The second kappa shape index (κ2) is 8.85. The molecule has 0 spiro atoms. The predicted octanol–water partition coefficient (Wildman–Crippen LogP) is -1.59. The van der Waals surface area contributed by atoms with Crippen LogP contribution in [0.5, 0.6) is 0 Å². The van der Waals surface area contributed by atoms with Gasteiger partial charge in [0.2, 0.25) is 0 Å². The Morgan fingerprint density at radius 2 is 1.33 bits per heavy atom. The molecule has 40 valence electrons. The Morgan fingerprint density at radius 3 is 1.33 bits per heavy atom. The molecule has 0 rings (SSSR count). The van der Waals surface area contributed by atoms with Gasteiger partial charge in [-0.3, -0.25) is 4.55 Å². The third kappa shape index (κ3) is 1060. The highest BCUT2D eigenvalue weighted by molar-refractivity contribution is 7.66. The molecule has 0 bridgehead atoms. The van der Waals surface area contributed by atoms with Gasteiger partial charge in [-0.2, -0.15) is 0 Å². The van der Waals surface area contributed by atoms with Gasteiger partial charge in [-0.15, -0.1) is 0 Å². The lowest BCUT2D eigenvalue weighted by Gasteiger charge is -1.43. The maximum atomic E-state index is 8.59. The maximum absolute atomic E-state index is 8.59. The number of rotatable bonds is 0. The van der Waals surface area contributed by atoms with Crippen LogP contribution in [0.1, 0.15) is 0 Å². The van der Waals surface area contributed by atoms with Crippen LogP contribution in [0.2, 0.25) is 0 Å². The summed E-state index contributed by atoms with van der Waals surface area (Å²) < 4.78 is 24.2. The Hall–Kier alpha value is -0.170. The Morgan fingerprint density at radius 1 is 1.33 bits per heavy atom. The SMILES string of the molecule is NO.O=[SH](=O)O. The molecular formula is H5NO4S. The second-order valence-corrected chi connectivity index (χ2v) is 0.714. The zero-order valence-electron chi connectivity index (χ0n) is 2.74. The van der Waals surface area contributed by atoms with Crippen LogP contribution in [0.15, 0.2) is 0 Å². The van der Waals surface area contributed by atoms with Crippen LogP contribution in [-0.4, -0.2) is 18.2 Å². The molecule has 6 heteroatoms. The zero-order valence-corrected chi connectivity index (χ0v) is 3.63. The van der Waals surface area contributed by atoms with Crippen LogP contribution in [0, 0.1) is 0 Å². The van der Waals surface area contributed by atoms with Gasteiger partial charge in [0.05, 0.1) is 0 Å². The van der Waals surface area contributed by atoms with E-state index in [0.717, 1.165) is 0 Å². The molecule has 0 amide bonds. The van der Waals surface area contributed by atoms with Gasteiger partial charge in [-0.1, -0.05) is 0 Å². The fourth-order valence-corrected chi connectivity index (χ4v) is 0. The second-order valence-electron chi connectivity index (χ2n) is 0.238. The molecule has 0 aromatic carbocycles. The van der Waals surface area contributed by atoms with Crippen molar-refractivity contribution in [2.24, 2.45) is 5.90 Å². The number of hydrogen-bond acceptors (Lipinski definition) is 4. The molecule has 0 atom stereocenters. The van der Waals surface area contributed by atoms with Crippen molar-refractivity contribution in [3.63, 3.8) is 0 Å². The van der Waals surface area contributed by atoms with Crippen LogP contribution in [-0.2, 0) is 11.0 Å². The first kappa shape index (κ1) is 9.27. The smallest absolute Gasteiger partial charge is 0.254 e. The highest BCUT2D eigenvalue weighted by Gasteiger charge is 1.44. The van der Waals surface area contributed by atoms with E-state index in [0.29, 0.717) is 0 Å². The Labute approximate surface area is 36.1 Å². The Kier molecular flexibility index (Phi) is 13.7. The predicted molar refractivity (Wildman–Crippen MR) is 18.9 cm³/mol. The van der Waals surface area contributed by atoms with Gasteiger partial charge in [-0.25, -0.2) is 14.3 Å². The molecule has 4 N–H and O–H groups in total. The monoisotopic (exact) mass is 115 g/mol. The molecule has 0 heterocycles. The van der Waals surface area contributed by atoms with Gasteiger partial charge >= 0.3 is 0 Å². The number of nitrogens with two attached hydrogens (primary N) is 1. The van der Waals surface area contributed by atoms with Gasteiger partial charge in [-0.05, 0) is 0 Å². The standard InChI is InChI=1S/H3NO.H2O3S/c1-2;1-4(2)3/h2H,1H2;4H,(H,1,2,3). The molecule has 0 fully saturated rings. The van der Waals surface area contributed by atoms with E-state index in [2.05, 4.69) is 5.90 Å². The molecule has 0 saturated carbocycles. The Bertz CT molecular complexity index is 55.9. The lowest BCUT2D eigenvalue weighted by atomic mass is 13.6. The van der Waals surface area contributed by atoms with Crippen molar-refractivity contribution in [2.75, 3.05) is 0 Å². The summed E-state index contributed by atoms with van der Waals surface area (Å²) in [7, 11) is -3.12. The summed E-state index contributed by atoms with van der Waals surface area (Å²) in [5, 5.41) is 6.50. The molecule has 0 aliphatic heterocycles. The van der Waals surface area contributed by atoms with E-state index in [1.165, 1.54) is 0 Å². The summed E-state index contributed by atoms with van der Waals surface area (Å²) in [4.78, 5) is 0. The third-order valence-corrected chi connectivity index (χ3v) is 0. The fraction of sp³-hybridized carbons (Fsp3) is 0. The summed E-state index contributed by atoms with van der Waals surface area (Å²) >= 11 is 0. The molecule has 0 aromatic rings. The van der Waals surface area contributed by atoms with E-state index in [1.807, 2.05) is 0 Å². The summed E-state index contributed by atoms with van der Waals surface area (Å²) in [6.07, 6.45) is 0. The molecule has 0 radical (unpaired) electrons. The molecule has 5 nitrogen and oxygen atoms in total. The van der Waals surface area contributed by atoms with Gasteiger partial charge in [0.25, 0.3) is 11.0 Å². The van der Waals surface area contributed by atoms with E-state index >= 15 is 0 Å². The van der Waals surface area contributed by atoms with Gasteiger partial charge < -0.3 is 5.21 Å². The van der Waals surface area contributed by atoms with Crippen molar-refractivity contribution in [1.29, 1.82) is 0 Å². The van der Waals surface area contributed by atoms with E-state index in [-0.39, 0.29) is 0 Å². The highest BCUT2D eigenvalue weighted by Crippen LogP contribution is 1.27. The van der Waals surface area contributed by atoms with Crippen molar-refractivity contribution in [3.05, 3.63) is 0 Å². The normalized spacial score (nSPS) is 6.67. The van der Waals surface area contributed by atoms with E-state index < -0.39 is 11.0 Å². The van der Waals surface area contributed by atoms with Crippen LogP contribution in [0.3, 0.4) is 0 Å². The minimum atomic E-state index is -3.12. The molecular weight excluding hydrogens is 110 g/mol. The number of thiol groups is 1. The molecule has 0 aromatic heterocycles. The van der Waals surface area contributed by atoms with Gasteiger partial charge in [0.1, 0.15) is 0 Å². The van der Waals surface area contributed by atoms with Gasteiger partial charge in [0.15, 0.2) is 0 Å². The number of hydrogen-bond donors (Lipinski definition) is 4. The highest BCUT2D eigenvalue weighted by atomic mass is 32.2. The van der Waals surface area contributed by atoms with E-state index in [4.69, 9.17) is 18.2 Å². The molecule has 0 aliphatic rings. The van der Waals surface area contributed by atoms with Crippen molar-refractivity contribution < 1.29 is 18.2 Å². The average Bonchev–Trinajstić information content (AvgIpc) is 1.41. The molecule has 0 unspecified atom stereocenters. The van der Waals surface area contributed by atoms with Gasteiger partial charge in [0, 0.05) is 0 Å². The average molecular weight is 115 g/mol. The van der Waals surface area contributed by atoms with Crippen molar-refractivity contribution in [3.8, 4) is 0 Å². The van der Waals surface area contributed by atoms with Crippen LogP contribution in [0.4, 0.5) is 0 Å². The lowest BCUT2D eigenvalue weighted by Crippen LogP contribution is -1.72. The van der Waals surface area contributed by atoms with Crippen molar-refractivity contribution in [1.82, 2.24) is 0 Å². The van der Waals surface area contributed by atoms with Crippen LogP contribution in [0.25, 0.3) is 0 Å². The van der Waals surface area contributed by atoms with Crippen LogP contribution >= 0.6 is 0 Å².